The summed E-state index contributed by atoms with van der Waals surface area (Å²) >= 11 is 1.89. The van der Waals surface area contributed by atoms with E-state index in [4.69, 9.17) is 19.4 Å². The summed E-state index contributed by atoms with van der Waals surface area (Å²) in [6, 6.07) is 19.5. The van der Waals surface area contributed by atoms with Crippen molar-refractivity contribution in [3.63, 3.8) is 0 Å². The second kappa shape index (κ2) is 18.4. The topological polar surface area (TPSA) is 175 Å². The lowest BCUT2D eigenvalue weighted by Gasteiger charge is -2.34. The number of methoxy groups -OCH3 is 2. The summed E-state index contributed by atoms with van der Waals surface area (Å²) in [7, 11) is 2.62. The van der Waals surface area contributed by atoms with Crippen molar-refractivity contribution in [2.24, 2.45) is 11.8 Å². The molecule has 61 heavy (non-hydrogen) atoms. The van der Waals surface area contributed by atoms with Gasteiger partial charge in [-0.15, -0.1) is 0 Å². The van der Waals surface area contributed by atoms with Gasteiger partial charge in [0.25, 0.3) is 0 Å². The molecular weight excluding hydrogens is 793 g/mol. The molecule has 4 amide bonds. The molecular formula is C46H54N8O6S. The first-order valence-corrected chi connectivity index (χ1v) is 22.4. The van der Waals surface area contributed by atoms with Crippen molar-refractivity contribution in [3.05, 3.63) is 84.7 Å². The molecule has 2 unspecified atom stereocenters. The Morgan fingerprint density at radius 1 is 0.672 bits per heavy atom. The predicted molar refractivity (Wildman–Crippen MR) is 235 cm³/mol. The van der Waals surface area contributed by atoms with Gasteiger partial charge in [0.2, 0.25) is 11.8 Å². The summed E-state index contributed by atoms with van der Waals surface area (Å²) in [5, 5.41) is 7.77. The third-order valence-corrected chi connectivity index (χ3v) is 13.5. The summed E-state index contributed by atoms with van der Waals surface area (Å²) in [6.07, 6.45) is 7.52. The molecule has 3 aromatic carbocycles. The van der Waals surface area contributed by atoms with Gasteiger partial charge in [-0.05, 0) is 101 Å². The molecule has 4 N–H and O–H groups in total. The van der Waals surface area contributed by atoms with Gasteiger partial charge < -0.3 is 39.9 Å². The number of amides is 4. The predicted octanol–water partition coefficient (Wildman–Crippen LogP) is 7.86. The molecule has 8 rings (SSSR count). The highest BCUT2D eigenvalue weighted by Crippen LogP contribution is 2.37. The number of hydrogen-bond acceptors (Lipinski definition) is 9. The number of benzene rings is 3. The molecule has 15 heteroatoms. The summed E-state index contributed by atoms with van der Waals surface area (Å²) in [6.45, 7) is 5.03. The van der Waals surface area contributed by atoms with Crippen molar-refractivity contribution >= 4 is 46.5 Å². The van der Waals surface area contributed by atoms with E-state index in [0.717, 1.165) is 106 Å². The van der Waals surface area contributed by atoms with Crippen LogP contribution in [0.2, 0.25) is 0 Å². The van der Waals surface area contributed by atoms with Crippen molar-refractivity contribution in [3.8, 4) is 33.6 Å². The van der Waals surface area contributed by atoms with Crippen LogP contribution in [0.1, 0.15) is 76.1 Å². The molecule has 3 aliphatic heterocycles. The highest BCUT2D eigenvalue weighted by molar-refractivity contribution is 7.99. The van der Waals surface area contributed by atoms with Crippen LogP contribution in [-0.4, -0.2) is 105 Å². The van der Waals surface area contributed by atoms with Gasteiger partial charge >= 0.3 is 12.2 Å². The van der Waals surface area contributed by atoms with Crippen molar-refractivity contribution in [2.45, 2.75) is 76.5 Å². The molecule has 4 atom stereocenters. The van der Waals surface area contributed by atoms with Crippen LogP contribution in [0.25, 0.3) is 44.4 Å². The number of rotatable bonds is 11. The first kappa shape index (κ1) is 41.9. The number of aromatic amines is 2. The number of carbonyl (C=O) groups excluding carboxylic acids is 4. The third-order valence-electron chi connectivity index (χ3n) is 12.4. The van der Waals surface area contributed by atoms with Crippen LogP contribution in [0.3, 0.4) is 0 Å². The monoisotopic (exact) mass is 846 g/mol. The van der Waals surface area contributed by atoms with E-state index < -0.39 is 24.3 Å². The van der Waals surface area contributed by atoms with Gasteiger partial charge in [0.1, 0.15) is 23.7 Å². The zero-order chi connectivity index (χ0) is 42.6. The molecule has 320 valence electrons. The summed E-state index contributed by atoms with van der Waals surface area (Å²) in [5.74, 6) is 3.21. The van der Waals surface area contributed by atoms with Crippen molar-refractivity contribution in [2.75, 3.05) is 38.8 Å². The van der Waals surface area contributed by atoms with E-state index in [2.05, 4.69) is 81.3 Å². The maximum absolute atomic E-state index is 14.0. The van der Waals surface area contributed by atoms with Gasteiger partial charge in [-0.1, -0.05) is 62.4 Å². The van der Waals surface area contributed by atoms with E-state index in [1.54, 1.807) is 0 Å². The number of thioether (sulfide) groups is 1. The summed E-state index contributed by atoms with van der Waals surface area (Å²) in [4.78, 5) is 72.1. The molecule has 0 radical (unpaired) electrons. The fraction of sp³-hybridized carbons (Fsp3) is 0.435. The zero-order valence-corrected chi connectivity index (χ0v) is 35.9. The Morgan fingerprint density at radius 2 is 1.18 bits per heavy atom. The van der Waals surface area contributed by atoms with E-state index in [0.29, 0.717) is 13.1 Å². The van der Waals surface area contributed by atoms with Crippen LogP contribution >= 0.6 is 11.8 Å². The first-order valence-electron chi connectivity index (χ1n) is 21.2. The molecule has 5 aromatic rings. The Bertz CT molecular complexity index is 2370. The summed E-state index contributed by atoms with van der Waals surface area (Å²) in [5.41, 5.74) is 5.93. The minimum absolute atomic E-state index is 0.0667. The number of hydrogen-bond donors (Lipinski definition) is 4. The van der Waals surface area contributed by atoms with E-state index in [1.165, 1.54) is 14.2 Å². The number of carbonyl (C=O) groups is 4. The lowest BCUT2D eigenvalue weighted by molar-refractivity contribution is -0.136. The van der Waals surface area contributed by atoms with Gasteiger partial charge in [0, 0.05) is 18.7 Å². The standard InChI is InChI=1S/C46H54N8O6S/c1-27(2)39(51-45(57)59-3)43(55)53-19-5-7-37(53)42-48-26-36(50-42)34-16-15-32-23-31(13-14-33(32)24-34)28-9-11-29(12-10-28)35-25-47-41(49-35)38-8-6-20-54(38)44(56)40(52-46(58)60-4)30-17-21-61-22-18-30/h9-16,23-27,30,37-40H,5-8,17-22H2,1-4H3,(H,47,49)(H,48,50)(H,51,57)(H,52,58)/t37-,38-,39?,40?/m0/s1. The third kappa shape index (κ3) is 8.97. The smallest absolute Gasteiger partial charge is 0.407 e. The largest absolute Gasteiger partial charge is 0.453 e. The normalized spacial score (nSPS) is 19.2. The fourth-order valence-corrected chi connectivity index (χ4v) is 10.2. The first-order chi connectivity index (χ1) is 29.6. The molecule has 14 nitrogen and oxygen atoms in total. The van der Waals surface area contributed by atoms with E-state index in [1.807, 2.05) is 47.8 Å². The minimum Gasteiger partial charge on any atom is -0.453 e. The lowest BCUT2D eigenvalue weighted by atomic mass is 9.92. The maximum Gasteiger partial charge on any atom is 0.407 e. The van der Waals surface area contributed by atoms with Crippen molar-refractivity contribution < 1.29 is 28.7 Å². The van der Waals surface area contributed by atoms with Crippen LogP contribution in [-0.2, 0) is 19.1 Å². The number of likely N-dealkylation sites (tertiary alicyclic amines) is 2. The zero-order valence-electron chi connectivity index (χ0n) is 35.1. The molecule has 3 aliphatic rings. The molecule has 0 spiro atoms. The molecule has 3 saturated heterocycles. The molecule has 2 aromatic heterocycles. The van der Waals surface area contributed by atoms with Crippen LogP contribution in [0.5, 0.6) is 0 Å². The van der Waals surface area contributed by atoms with E-state index >= 15 is 0 Å². The second-order valence-electron chi connectivity index (χ2n) is 16.5. The van der Waals surface area contributed by atoms with Gasteiger partial charge in [-0.3, -0.25) is 9.59 Å². The molecule has 3 fully saturated rings. The maximum atomic E-state index is 14.0. The Balaban J connectivity index is 0.935. The van der Waals surface area contributed by atoms with E-state index in [9.17, 15) is 19.2 Å². The number of alkyl carbamates (subject to hydrolysis) is 2. The number of aromatic nitrogens is 4. The second-order valence-corrected chi connectivity index (χ2v) is 17.7. The van der Waals surface area contributed by atoms with Gasteiger partial charge in [-0.2, -0.15) is 11.8 Å². The van der Waals surface area contributed by atoms with Gasteiger partial charge in [0.05, 0.1) is 50.1 Å². The molecule has 5 heterocycles. The molecule has 0 aliphatic carbocycles. The average molecular weight is 847 g/mol. The average Bonchev–Trinajstić information content (AvgIpc) is 4.14. The SMILES string of the molecule is COC(=O)NC(C(=O)N1CCC[C@H]1c1ncc(-c2ccc3cc(-c4ccc(-c5cnc([C@@H]6CCCN6C(=O)C(NC(=O)OC)C6CCSCC6)[nH]5)cc4)ccc3c2)[nH]1)C(C)C. The van der Waals surface area contributed by atoms with Crippen LogP contribution in [0, 0.1) is 11.8 Å². The highest BCUT2D eigenvalue weighted by atomic mass is 32.2. The number of ether oxygens (including phenoxy) is 2. The number of H-pyrrole nitrogens is 2. The lowest BCUT2D eigenvalue weighted by Crippen LogP contribution is -2.52. The number of fused-ring (bicyclic) bond motifs is 1. The Hall–Kier alpha value is -5.83. The number of nitrogens with one attached hydrogen (secondary N) is 4. The molecule has 0 saturated carbocycles. The van der Waals surface area contributed by atoms with Gasteiger partial charge in [0.15, 0.2) is 0 Å². The summed E-state index contributed by atoms with van der Waals surface area (Å²) < 4.78 is 9.67. The molecule has 0 bridgehead atoms. The number of nitrogens with zero attached hydrogens (tertiary/aromatic N) is 4. The Kier molecular flexibility index (Phi) is 12.7. The van der Waals surface area contributed by atoms with Crippen LogP contribution in [0.4, 0.5) is 9.59 Å². The van der Waals surface area contributed by atoms with Crippen LogP contribution < -0.4 is 10.6 Å². The van der Waals surface area contributed by atoms with Gasteiger partial charge in [-0.25, -0.2) is 19.6 Å². The highest BCUT2D eigenvalue weighted by Gasteiger charge is 2.40. The fourth-order valence-electron chi connectivity index (χ4n) is 9.04. The van der Waals surface area contributed by atoms with Crippen LogP contribution in [0.15, 0.2) is 73.1 Å². The minimum atomic E-state index is -0.688. The van der Waals surface area contributed by atoms with E-state index in [-0.39, 0.29) is 35.7 Å². The van der Waals surface area contributed by atoms with Crippen molar-refractivity contribution in [1.82, 2.24) is 40.4 Å². The quantitative estimate of drug-likeness (QED) is 0.103. The van der Waals surface area contributed by atoms with Crippen molar-refractivity contribution in [1.29, 1.82) is 0 Å². The Morgan fingerprint density at radius 3 is 1.77 bits per heavy atom. The number of imidazole rings is 2. The Labute approximate surface area is 359 Å².